The highest BCUT2D eigenvalue weighted by atomic mass is 32.2. The van der Waals surface area contributed by atoms with Crippen molar-refractivity contribution in [3.63, 3.8) is 0 Å². The van der Waals surface area contributed by atoms with Crippen LogP contribution >= 0.6 is 0 Å². The van der Waals surface area contributed by atoms with Crippen LogP contribution in [0.1, 0.15) is 26.7 Å². The van der Waals surface area contributed by atoms with Crippen molar-refractivity contribution in [3.05, 3.63) is 18.2 Å². The molecule has 0 N–H and O–H groups in total. The summed E-state index contributed by atoms with van der Waals surface area (Å²) in [6.07, 6.45) is 0.259. The number of amides is 2. The van der Waals surface area contributed by atoms with Gasteiger partial charge in [-0.2, -0.15) is 4.31 Å². The molecule has 0 spiro atoms. The minimum Gasteiger partial charge on any atom is -0.495 e. The third-order valence-electron chi connectivity index (χ3n) is 4.60. The quantitative estimate of drug-likeness (QED) is 0.725. The fraction of sp³-hybridized carbons (Fsp3) is 0.529. The van der Waals surface area contributed by atoms with E-state index in [1.165, 1.54) is 29.6 Å². The molecular formula is C17H22N2O6S. The molecule has 2 saturated heterocycles. The van der Waals surface area contributed by atoms with Crippen LogP contribution in [0.15, 0.2) is 23.1 Å². The maximum absolute atomic E-state index is 13.3. The van der Waals surface area contributed by atoms with E-state index < -0.39 is 10.0 Å². The lowest BCUT2D eigenvalue weighted by Crippen LogP contribution is -2.52. The molecule has 2 fully saturated rings. The van der Waals surface area contributed by atoms with E-state index in [1.54, 1.807) is 13.8 Å². The van der Waals surface area contributed by atoms with Crippen molar-refractivity contribution in [2.75, 3.05) is 25.2 Å². The van der Waals surface area contributed by atoms with E-state index in [0.29, 0.717) is 13.2 Å². The van der Waals surface area contributed by atoms with Gasteiger partial charge in [0.25, 0.3) is 0 Å². The molecule has 8 nitrogen and oxygen atoms in total. The molecule has 142 valence electrons. The average Bonchev–Trinajstić information content (AvgIpc) is 2.92. The SMILES string of the molecule is COc1ccc(N2C(=O)CCC2=O)cc1S(=O)(=O)N1C(C)COCC1C. The van der Waals surface area contributed by atoms with Crippen molar-refractivity contribution >= 4 is 27.5 Å². The second-order valence-corrected chi connectivity index (χ2v) is 8.34. The van der Waals surface area contributed by atoms with Crippen molar-refractivity contribution in [1.82, 2.24) is 4.31 Å². The number of morpholine rings is 1. The molecule has 0 radical (unpaired) electrons. The van der Waals surface area contributed by atoms with Gasteiger partial charge in [-0.3, -0.25) is 14.5 Å². The summed E-state index contributed by atoms with van der Waals surface area (Å²) < 4.78 is 38.7. The van der Waals surface area contributed by atoms with Gasteiger partial charge < -0.3 is 9.47 Å². The van der Waals surface area contributed by atoms with Gasteiger partial charge in [-0.25, -0.2) is 8.42 Å². The standard InChI is InChI=1S/C17H22N2O6S/c1-11-9-25-10-12(2)19(11)26(22,23)15-8-13(4-5-14(15)24-3)18-16(20)6-7-17(18)21/h4-5,8,11-12H,6-7,9-10H2,1-3H3. The fourth-order valence-corrected chi connectivity index (χ4v) is 5.42. The minimum absolute atomic E-state index is 0.0643. The van der Waals surface area contributed by atoms with Crippen LogP contribution in [-0.2, 0) is 24.3 Å². The highest BCUT2D eigenvalue weighted by Crippen LogP contribution is 2.35. The molecule has 2 unspecified atom stereocenters. The predicted octanol–water partition coefficient (Wildman–Crippen LogP) is 1.15. The number of anilines is 1. The van der Waals surface area contributed by atoms with Crippen LogP contribution in [-0.4, -0.2) is 56.9 Å². The third kappa shape index (κ3) is 3.10. The normalized spacial score (nSPS) is 25.0. The van der Waals surface area contributed by atoms with E-state index in [9.17, 15) is 18.0 Å². The Morgan fingerprint density at radius 1 is 1.08 bits per heavy atom. The van der Waals surface area contributed by atoms with Gasteiger partial charge in [0.15, 0.2) is 0 Å². The largest absolute Gasteiger partial charge is 0.495 e. The van der Waals surface area contributed by atoms with Crippen LogP contribution in [0.4, 0.5) is 5.69 Å². The molecule has 2 atom stereocenters. The van der Waals surface area contributed by atoms with Crippen molar-refractivity contribution in [3.8, 4) is 5.75 Å². The Hall–Kier alpha value is -1.97. The number of hydrogen-bond acceptors (Lipinski definition) is 6. The fourth-order valence-electron chi connectivity index (χ4n) is 3.45. The monoisotopic (exact) mass is 382 g/mol. The van der Waals surface area contributed by atoms with Crippen LogP contribution in [0.3, 0.4) is 0 Å². The molecule has 0 aromatic heterocycles. The molecule has 1 aromatic carbocycles. The van der Waals surface area contributed by atoms with Crippen LogP contribution in [0.2, 0.25) is 0 Å². The highest BCUT2D eigenvalue weighted by Gasteiger charge is 2.39. The molecule has 0 bridgehead atoms. The summed E-state index contributed by atoms with van der Waals surface area (Å²) in [4.78, 5) is 25.0. The minimum atomic E-state index is -3.91. The summed E-state index contributed by atoms with van der Waals surface area (Å²) in [5.41, 5.74) is 0.241. The van der Waals surface area contributed by atoms with Gasteiger partial charge in [0, 0.05) is 24.9 Å². The summed E-state index contributed by atoms with van der Waals surface area (Å²) in [5.74, 6) is -0.507. The van der Waals surface area contributed by atoms with E-state index in [0.717, 1.165) is 4.90 Å². The first-order chi connectivity index (χ1) is 12.3. The summed E-state index contributed by atoms with van der Waals surface area (Å²) in [7, 11) is -2.53. The van der Waals surface area contributed by atoms with Crippen LogP contribution in [0, 0.1) is 0 Å². The number of nitrogens with zero attached hydrogens (tertiary/aromatic N) is 2. The molecular weight excluding hydrogens is 360 g/mol. The summed E-state index contributed by atoms with van der Waals surface area (Å²) >= 11 is 0. The average molecular weight is 382 g/mol. The number of methoxy groups -OCH3 is 1. The van der Waals surface area contributed by atoms with Gasteiger partial charge in [0.2, 0.25) is 21.8 Å². The lowest BCUT2D eigenvalue weighted by atomic mass is 10.2. The van der Waals surface area contributed by atoms with Crippen molar-refractivity contribution in [2.45, 2.75) is 43.7 Å². The van der Waals surface area contributed by atoms with Gasteiger partial charge in [0.1, 0.15) is 10.6 Å². The van der Waals surface area contributed by atoms with Crippen LogP contribution in [0.25, 0.3) is 0 Å². The first kappa shape index (κ1) is 18.8. The lowest BCUT2D eigenvalue weighted by Gasteiger charge is -2.37. The zero-order chi connectivity index (χ0) is 19.1. The van der Waals surface area contributed by atoms with Crippen molar-refractivity contribution < 1.29 is 27.5 Å². The van der Waals surface area contributed by atoms with E-state index in [4.69, 9.17) is 9.47 Å². The molecule has 2 heterocycles. The Kier molecular flexibility index (Phi) is 5.05. The molecule has 2 amide bonds. The molecule has 3 rings (SSSR count). The number of carbonyl (C=O) groups is 2. The molecule has 26 heavy (non-hydrogen) atoms. The first-order valence-corrected chi connectivity index (χ1v) is 9.86. The summed E-state index contributed by atoms with van der Waals surface area (Å²) in [6.45, 7) is 4.15. The molecule has 2 aliphatic heterocycles. The molecule has 9 heteroatoms. The summed E-state index contributed by atoms with van der Waals surface area (Å²) in [5, 5.41) is 0. The molecule has 0 saturated carbocycles. The predicted molar refractivity (Wildman–Crippen MR) is 93.5 cm³/mol. The van der Waals surface area contributed by atoms with Gasteiger partial charge in [-0.05, 0) is 32.0 Å². The van der Waals surface area contributed by atoms with Gasteiger partial charge in [-0.1, -0.05) is 0 Å². The van der Waals surface area contributed by atoms with Crippen LogP contribution in [0.5, 0.6) is 5.75 Å². The van der Waals surface area contributed by atoms with Gasteiger partial charge >= 0.3 is 0 Å². The molecule has 2 aliphatic rings. The number of carbonyl (C=O) groups excluding carboxylic acids is 2. The zero-order valence-electron chi connectivity index (χ0n) is 15.0. The van der Waals surface area contributed by atoms with Gasteiger partial charge in [-0.15, -0.1) is 0 Å². The number of benzene rings is 1. The van der Waals surface area contributed by atoms with Crippen molar-refractivity contribution in [2.24, 2.45) is 0 Å². The van der Waals surface area contributed by atoms with Crippen LogP contribution < -0.4 is 9.64 Å². The highest BCUT2D eigenvalue weighted by molar-refractivity contribution is 7.89. The maximum Gasteiger partial charge on any atom is 0.247 e. The number of sulfonamides is 1. The summed E-state index contributed by atoms with van der Waals surface area (Å²) in [6, 6.07) is 3.64. The van der Waals surface area contributed by atoms with E-state index in [-0.39, 0.29) is 53.1 Å². The topological polar surface area (TPSA) is 93.2 Å². The first-order valence-electron chi connectivity index (χ1n) is 8.42. The maximum atomic E-state index is 13.3. The Morgan fingerprint density at radius 3 is 2.19 bits per heavy atom. The Morgan fingerprint density at radius 2 is 1.65 bits per heavy atom. The van der Waals surface area contributed by atoms with E-state index in [2.05, 4.69) is 0 Å². The molecule has 1 aromatic rings. The smallest absolute Gasteiger partial charge is 0.247 e. The lowest BCUT2D eigenvalue weighted by molar-refractivity contribution is -0.121. The Bertz CT molecular complexity index is 812. The molecule has 0 aliphatic carbocycles. The zero-order valence-corrected chi connectivity index (χ0v) is 15.8. The van der Waals surface area contributed by atoms with Crippen molar-refractivity contribution in [1.29, 1.82) is 0 Å². The second kappa shape index (κ2) is 6.98. The van der Waals surface area contributed by atoms with E-state index in [1.807, 2.05) is 0 Å². The number of rotatable bonds is 4. The number of imide groups is 1. The number of ether oxygens (including phenoxy) is 2. The second-order valence-electron chi connectivity index (χ2n) is 6.53. The van der Waals surface area contributed by atoms with Gasteiger partial charge in [0.05, 0.1) is 26.0 Å². The number of hydrogen-bond donors (Lipinski definition) is 0. The Labute approximate surface area is 152 Å². The third-order valence-corrected chi connectivity index (χ3v) is 6.75. The van der Waals surface area contributed by atoms with E-state index >= 15 is 0 Å². The Balaban J connectivity index is 2.09.